The first kappa shape index (κ1) is 21.8. The van der Waals surface area contributed by atoms with Gasteiger partial charge in [0.15, 0.2) is 0 Å². The Bertz CT molecular complexity index is 1730. The Morgan fingerprint density at radius 3 is 2.60 bits per heavy atom. The van der Waals surface area contributed by atoms with Crippen LogP contribution in [0.2, 0.25) is 0 Å². The summed E-state index contributed by atoms with van der Waals surface area (Å²) < 4.78 is 3.20. The second-order valence-electron chi connectivity index (χ2n) is 7.93. The van der Waals surface area contributed by atoms with Crippen molar-refractivity contribution in [2.45, 2.75) is 0 Å². The zero-order valence-electron chi connectivity index (χ0n) is 18.6. The van der Waals surface area contributed by atoms with E-state index in [2.05, 4.69) is 22.0 Å². The number of aromatic nitrogens is 4. The number of carbonyl (C=O) groups is 2. The number of pyridine rings is 2. The zero-order valence-corrected chi connectivity index (χ0v) is 18.6. The number of benzene rings is 2. The van der Waals surface area contributed by atoms with Crippen molar-refractivity contribution in [1.29, 1.82) is 0 Å². The lowest BCUT2D eigenvalue weighted by molar-refractivity contribution is -0.111. The molecule has 0 atom stereocenters. The largest absolute Gasteiger partial charge is 0.478 e. The highest BCUT2D eigenvalue weighted by Gasteiger charge is 2.16. The molecule has 2 N–H and O–H groups in total. The van der Waals surface area contributed by atoms with E-state index in [0.29, 0.717) is 16.7 Å². The van der Waals surface area contributed by atoms with E-state index in [9.17, 15) is 19.5 Å². The van der Waals surface area contributed by atoms with Crippen molar-refractivity contribution < 1.29 is 14.7 Å². The quantitative estimate of drug-likeness (QED) is 0.301. The maximum atomic E-state index is 13.2. The van der Waals surface area contributed by atoms with Gasteiger partial charge in [0.05, 0.1) is 34.2 Å². The summed E-state index contributed by atoms with van der Waals surface area (Å²) >= 11 is 0. The number of hydrogen-bond acceptors (Lipinski definition) is 5. The van der Waals surface area contributed by atoms with Gasteiger partial charge in [0.1, 0.15) is 0 Å². The number of carbonyl (C=O) groups excluding carboxylic acids is 1. The predicted molar refractivity (Wildman–Crippen MR) is 133 cm³/mol. The van der Waals surface area contributed by atoms with Crippen LogP contribution in [0.4, 0.5) is 5.69 Å². The first-order valence-corrected chi connectivity index (χ1v) is 10.6. The van der Waals surface area contributed by atoms with Crippen LogP contribution in [0.1, 0.15) is 10.4 Å². The normalized spacial score (nSPS) is 11.0. The Labute approximate surface area is 198 Å². The van der Waals surface area contributed by atoms with Crippen molar-refractivity contribution in [2.24, 2.45) is 7.05 Å². The summed E-state index contributed by atoms with van der Waals surface area (Å²) in [6, 6.07) is 13.2. The highest BCUT2D eigenvalue weighted by Crippen LogP contribution is 2.30. The van der Waals surface area contributed by atoms with Crippen molar-refractivity contribution in [3.8, 4) is 16.8 Å². The second-order valence-corrected chi connectivity index (χ2v) is 7.93. The molecule has 2 aromatic carbocycles. The van der Waals surface area contributed by atoms with Gasteiger partial charge in [0, 0.05) is 41.8 Å². The summed E-state index contributed by atoms with van der Waals surface area (Å²) in [7, 11) is 1.84. The average molecular weight is 465 g/mol. The van der Waals surface area contributed by atoms with Crippen molar-refractivity contribution in [3.63, 3.8) is 0 Å². The predicted octanol–water partition coefficient (Wildman–Crippen LogP) is 3.76. The molecule has 0 fully saturated rings. The Morgan fingerprint density at radius 2 is 1.89 bits per heavy atom. The maximum Gasteiger partial charge on any atom is 0.337 e. The molecule has 9 nitrogen and oxygen atoms in total. The maximum absolute atomic E-state index is 13.2. The molecular formula is C26H19N5O4. The molecule has 0 saturated heterocycles. The van der Waals surface area contributed by atoms with Gasteiger partial charge >= 0.3 is 5.97 Å². The first-order chi connectivity index (χ1) is 16.9. The van der Waals surface area contributed by atoms with Gasteiger partial charge in [-0.25, -0.2) is 4.79 Å². The summed E-state index contributed by atoms with van der Waals surface area (Å²) in [4.78, 5) is 41.3. The third-order valence-corrected chi connectivity index (χ3v) is 5.69. The monoisotopic (exact) mass is 465 g/mol. The Morgan fingerprint density at radius 1 is 1.06 bits per heavy atom. The van der Waals surface area contributed by atoms with E-state index in [1.165, 1.54) is 28.8 Å². The lowest BCUT2D eigenvalue weighted by atomic mass is 10.0. The molecule has 0 radical (unpaired) electrons. The van der Waals surface area contributed by atoms with Crippen LogP contribution in [0.3, 0.4) is 0 Å². The molecule has 172 valence electrons. The van der Waals surface area contributed by atoms with Gasteiger partial charge in [-0.15, -0.1) is 0 Å². The van der Waals surface area contributed by atoms with Crippen LogP contribution < -0.4 is 10.9 Å². The average Bonchev–Trinajstić information content (AvgIpc) is 3.29. The molecule has 0 aliphatic rings. The first-order valence-electron chi connectivity index (χ1n) is 10.6. The summed E-state index contributed by atoms with van der Waals surface area (Å²) in [5.41, 5.74) is 3.13. The van der Waals surface area contributed by atoms with Crippen LogP contribution in [0.5, 0.6) is 0 Å². The van der Waals surface area contributed by atoms with Gasteiger partial charge in [0.25, 0.3) is 5.56 Å². The molecule has 1 amide bonds. The fraction of sp³-hybridized carbons (Fsp3) is 0.0385. The lowest BCUT2D eigenvalue weighted by Gasteiger charge is -2.15. The molecule has 3 aromatic heterocycles. The number of hydrogen-bond donors (Lipinski definition) is 2. The van der Waals surface area contributed by atoms with Crippen molar-refractivity contribution in [3.05, 3.63) is 95.7 Å². The van der Waals surface area contributed by atoms with Crippen LogP contribution in [0.25, 0.3) is 38.6 Å². The Kier molecular flexibility index (Phi) is 5.21. The molecule has 0 spiro atoms. The van der Waals surface area contributed by atoms with E-state index in [4.69, 9.17) is 0 Å². The van der Waals surface area contributed by atoms with Crippen LogP contribution in [0, 0.1) is 0 Å². The number of anilines is 1. The van der Waals surface area contributed by atoms with Gasteiger partial charge in [-0.05, 0) is 48.0 Å². The number of rotatable bonds is 5. The fourth-order valence-corrected chi connectivity index (χ4v) is 4.06. The highest BCUT2D eigenvalue weighted by atomic mass is 16.4. The van der Waals surface area contributed by atoms with Crippen LogP contribution >= 0.6 is 0 Å². The van der Waals surface area contributed by atoms with Crippen molar-refractivity contribution in [2.75, 3.05) is 5.32 Å². The Balaban J connectivity index is 1.81. The summed E-state index contributed by atoms with van der Waals surface area (Å²) in [5.74, 6) is -1.78. The van der Waals surface area contributed by atoms with Crippen LogP contribution in [-0.2, 0) is 11.8 Å². The zero-order chi connectivity index (χ0) is 24.7. The minimum Gasteiger partial charge on any atom is -0.478 e. The molecule has 9 heteroatoms. The van der Waals surface area contributed by atoms with Gasteiger partial charge in [0.2, 0.25) is 5.91 Å². The third-order valence-electron chi connectivity index (χ3n) is 5.69. The lowest BCUT2D eigenvalue weighted by Crippen LogP contribution is -2.19. The smallest absolute Gasteiger partial charge is 0.337 e. The molecule has 0 saturated carbocycles. The number of carboxylic acids is 1. The highest BCUT2D eigenvalue weighted by molar-refractivity contribution is 6.06. The summed E-state index contributed by atoms with van der Waals surface area (Å²) in [6.45, 7) is 3.41. The van der Waals surface area contributed by atoms with E-state index < -0.39 is 11.9 Å². The molecule has 0 aliphatic carbocycles. The molecular weight excluding hydrogens is 446 g/mol. The molecule has 0 aliphatic heterocycles. The van der Waals surface area contributed by atoms with Crippen molar-refractivity contribution >= 4 is 39.4 Å². The van der Waals surface area contributed by atoms with Crippen LogP contribution in [-0.4, -0.2) is 36.3 Å². The van der Waals surface area contributed by atoms with Gasteiger partial charge in [-0.2, -0.15) is 5.10 Å². The summed E-state index contributed by atoms with van der Waals surface area (Å²) in [6.07, 6.45) is 6.38. The number of amides is 1. The number of fused-ring (bicyclic) bond motifs is 3. The van der Waals surface area contributed by atoms with Gasteiger partial charge < -0.3 is 10.4 Å². The third kappa shape index (κ3) is 3.84. The van der Waals surface area contributed by atoms with E-state index in [0.717, 1.165) is 28.0 Å². The van der Waals surface area contributed by atoms with Crippen LogP contribution in [0.15, 0.2) is 84.6 Å². The number of carboxylic acid groups (broad SMARTS) is 1. The Hall–Kier alpha value is -5.05. The fourth-order valence-electron chi connectivity index (χ4n) is 4.06. The minimum atomic E-state index is -1.21. The number of nitrogens with zero attached hydrogens (tertiary/aromatic N) is 4. The molecule has 35 heavy (non-hydrogen) atoms. The van der Waals surface area contributed by atoms with E-state index in [1.54, 1.807) is 23.1 Å². The second kappa shape index (κ2) is 8.38. The van der Waals surface area contributed by atoms with E-state index in [-0.39, 0.29) is 16.8 Å². The van der Waals surface area contributed by atoms with Gasteiger partial charge in [-0.3, -0.25) is 23.8 Å². The summed E-state index contributed by atoms with van der Waals surface area (Å²) in [5, 5.41) is 17.8. The molecule has 0 bridgehead atoms. The van der Waals surface area contributed by atoms with Gasteiger partial charge in [-0.1, -0.05) is 12.6 Å². The molecule has 3 heterocycles. The number of nitrogens with one attached hydrogen (secondary N) is 1. The molecule has 0 unspecified atom stereocenters. The molecule has 5 aromatic rings. The standard InChI is InChI=1S/C26H19N5O4/c1-3-23(32)29-22-11-18(6-7-19(22)26(34)35)31-24(33)9-5-16-12-27-21-8-4-15(10-20(21)25(16)31)17-13-28-30(2)14-17/h3-14H,1H2,2H3,(H,29,32)(H,34,35). The van der Waals surface area contributed by atoms with Crippen molar-refractivity contribution in [1.82, 2.24) is 19.3 Å². The van der Waals surface area contributed by atoms with E-state index >= 15 is 0 Å². The topological polar surface area (TPSA) is 119 Å². The van der Waals surface area contributed by atoms with E-state index in [1.807, 2.05) is 31.4 Å². The number of aryl methyl sites for hydroxylation is 1. The molecule has 5 rings (SSSR count). The minimum absolute atomic E-state index is 0.0539. The number of aromatic carboxylic acids is 1. The SMILES string of the molecule is C=CC(=O)Nc1cc(-n2c(=O)ccc3cnc4ccc(-c5cnn(C)c5)cc4c32)ccc1C(=O)O.